The van der Waals surface area contributed by atoms with Crippen molar-refractivity contribution in [3.8, 4) is 0 Å². The van der Waals surface area contributed by atoms with Gasteiger partial charge in [0, 0.05) is 18.5 Å². The molecule has 2 aromatic rings. The van der Waals surface area contributed by atoms with Crippen LogP contribution in [0.25, 0.3) is 0 Å². The predicted octanol–water partition coefficient (Wildman–Crippen LogP) is 0.842. The molecule has 4 N–H and O–H groups in total. The highest BCUT2D eigenvalue weighted by atomic mass is 19.1. The quantitative estimate of drug-likeness (QED) is 0.607. The number of alkyl halides is 1. The fourth-order valence-electron chi connectivity index (χ4n) is 1.43. The monoisotopic (exact) mass is 236 g/mol. The Balaban J connectivity index is 2.24. The zero-order valence-electron chi connectivity index (χ0n) is 9.12. The van der Waals surface area contributed by atoms with Crippen molar-refractivity contribution in [2.24, 2.45) is 5.84 Å². The average molecular weight is 236 g/mol. The zero-order chi connectivity index (χ0) is 12.3. The van der Waals surface area contributed by atoms with E-state index in [9.17, 15) is 4.39 Å². The lowest BCUT2D eigenvalue weighted by molar-refractivity contribution is 0.427. The number of anilines is 3. The molecule has 0 aliphatic carbocycles. The molecular formula is C10H13FN6. The minimum Gasteiger partial charge on any atom is -0.396 e. The van der Waals surface area contributed by atoms with Gasteiger partial charge in [-0.3, -0.25) is 14.7 Å². The molecule has 0 fully saturated rings. The molecule has 0 aliphatic rings. The molecule has 0 radical (unpaired) electrons. The summed E-state index contributed by atoms with van der Waals surface area (Å²) in [5.74, 6) is 6.38. The van der Waals surface area contributed by atoms with Crippen LogP contribution in [0.4, 0.5) is 21.6 Å². The fourth-order valence-corrected chi connectivity index (χ4v) is 1.43. The Labute approximate surface area is 97.6 Å². The van der Waals surface area contributed by atoms with Crippen molar-refractivity contribution in [3.63, 3.8) is 0 Å². The predicted molar refractivity (Wildman–Crippen MR) is 63.2 cm³/mol. The van der Waals surface area contributed by atoms with Crippen LogP contribution in [0.2, 0.25) is 0 Å². The van der Waals surface area contributed by atoms with Crippen molar-refractivity contribution in [1.82, 2.24) is 14.8 Å². The highest BCUT2D eigenvalue weighted by Gasteiger charge is 2.10. The summed E-state index contributed by atoms with van der Waals surface area (Å²) >= 11 is 0. The van der Waals surface area contributed by atoms with Crippen LogP contribution in [0.1, 0.15) is 0 Å². The second kappa shape index (κ2) is 4.79. The molecular weight excluding hydrogens is 223 g/mol. The zero-order valence-corrected chi connectivity index (χ0v) is 9.12. The van der Waals surface area contributed by atoms with Gasteiger partial charge in [-0.25, -0.2) is 10.2 Å². The molecule has 7 heteroatoms. The van der Waals surface area contributed by atoms with E-state index >= 15 is 0 Å². The summed E-state index contributed by atoms with van der Waals surface area (Å²) in [5.41, 5.74) is 6.80. The van der Waals surface area contributed by atoms with E-state index < -0.39 is 6.67 Å². The lowest BCUT2D eigenvalue weighted by atomic mass is 10.3. The number of hydrogen-bond acceptors (Lipinski definition) is 5. The summed E-state index contributed by atoms with van der Waals surface area (Å²) in [6.07, 6.45) is 4.75. The minimum atomic E-state index is -0.469. The fraction of sp³-hybridized carbons (Fsp3) is 0.200. The number of halogens is 1. The Morgan fingerprint density at radius 3 is 2.94 bits per heavy atom. The van der Waals surface area contributed by atoms with Gasteiger partial charge in [0.05, 0.1) is 24.1 Å². The number of pyridine rings is 1. The van der Waals surface area contributed by atoms with Crippen molar-refractivity contribution < 1.29 is 4.39 Å². The van der Waals surface area contributed by atoms with E-state index in [2.05, 4.69) is 10.1 Å². The highest BCUT2D eigenvalue weighted by molar-refractivity contribution is 5.70. The number of aryl methyl sites for hydroxylation is 1. The van der Waals surface area contributed by atoms with Crippen molar-refractivity contribution in [1.29, 1.82) is 0 Å². The molecule has 0 aliphatic heterocycles. The van der Waals surface area contributed by atoms with Crippen LogP contribution in [-0.2, 0) is 6.54 Å². The van der Waals surface area contributed by atoms with Crippen LogP contribution in [0.5, 0.6) is 0 Å². The Bertz CT molecular complexity index is 497. The maximum atomic E-state index is 12.1. The summed E-state index contributed by atoms with van der Waals surface area (Å²) in [7, 11) is 0. The Hall–Kier alpha value is -2.15. The minimum absolute atomic E-state index is 0.208. The van der Waals surface area contributed by atoms with Gasteiger partial charge in [0.25, 0.3) is 0 Å². The highest BCUT2D eigenvalue weighted by Crippen LogP contribution is 2.24. The number of hydrazine groups is 1. The van der Waals surface area contributed by atoms with Gasteiger partial charge in [-0.1, -0.05) is 0 Å². The van der Waals surface area contributed by atoms with Crippen molar-refractivity contribution in [2.45, 2.75) is 6.54 Å². The summed E-state index contributed by atoms with van der Waals surface area (Å²) in [6.45, 7) is -0.261. The molecule has 17 heavy (non-hydrogen) atoms. The van der Waals surface area contributed by atoms with Gasteiger partial charge < -0.3 is 5.73 Å². The first-order chi connectivity index (χ1) is 8.22. The molecule has 0 unspecified atom stereocenters. The first kappa shape index (κ1) is 11.3. The van der Waals surface area contributed by atoms with Gasteiger partial charge in [-0.05, 0) is 6.07 Å². The van der Waals surface area contributed by atoms with Crippen LogP contribution in [0.15, 0.2) is 30.7 Å². The third kappa shape index (κ3) is 2.34. The second-order valence-electron chi connectivity index (χ2n) is 3.43. The number of nitrogens with two attached hydrogens (primary N) is 2. The van der Waals surface area contributed by atoms with Crippen LogP contribution in [0.3, 0.4) is 0 Å². The molecule has 0 saturated carbocycles. The number of nitrogen functional groups attached to an aromatic ring is 1. The lowest BCUT2D eigenvalue weighted by Crippen LogP contribution is -2.26. The molecule has 0 saturated heterocycles. The van der Waals surface area contributed by atoms with E-state index in [0.717, 1.165) is 0 Å². The third-order valence-electron chi connectivity index (χ3n) is 2.27. The van der Waals surface area contributed by atoms with Gasteiger partial charge in [0.15, 0.2) is 5.82 Å². The van der Waals surface area contributed by atoms with Gasteiger partial charge in [0.2, 0.25) is 0 Å². The van der Waals surface area contributed by atoms with Gasteiger partial charge in [0.1, 0.15) is 6.67 Å². The summed E-state index contributed by atoms with van der Waals surface area (Å²) in [5, 5.41) is 5.46. The number of rotatable bonds is 4. The second-order valence-corrected chi connectivity index (χ2v) is 3.43. The van der Waals surface area contributed by atoms with Gasteiger partial charge in [-0.15, -0.1) is 0 Å². The van der Waals surface area contributed by atoms with E-state index in [1.165, 1.54) is 15.9 Å². The molecule has 0 bridgehead atoms. The first-order valence-electron chi connectivity index (χ1n) is 5.06. The summed E-state index contributed by atoms with van der Waals surface area (Å²) < 4.78 is 13.6. The number of nitrogens with zero attached hydrogens (tertiary/aromatic N) is 4. The maximum Gasteiger partial charge on any atom is 0.169 e. The average Bonchev–Trinajstić information content (AvgIpc) is 2.78. The van der Waals surface area contributed by atoms with Crippen molar-refractivity contribution in [2.75, 3.05) is 17.4 Å². The third-order valence-corrected chi connectivity index (χ3v) is 2.27. The van der Waals surface area contributed by atoms with Crippen LogP contribution in [0, 0.1) is 0 Å². The van der Waals surface area contributed by atoms with Crippen LogP contribution >= 0.6 is 0 Å². The number of hydrogen-bond donors (Lipinski definition) is 2. The maximum absolute atomic E-state index is 12.1. The standard InChI is InChI=1S/C10H13FN6/c11-3-6-16-5-2-10(15-16)17(13)9-1-4-14-7-8(9)12/h1-2,4-5,7H,3,6,12-13H2. The Morgan fingerprint density at radius 2 is 2.24 bits per heavy atom. The molecule has 0 atom stereocenters. The van der Waals surface area contributed by atoms with Crippen molar-refractivity contribution in [3.05, 3.63) is 30.7 Å². The lowest BCUT2D eigenvalue weighted by Gasteiger charge is -2.16. The molecule has 0 amide bonds. The van der Waals surface area contributed by atoms with Crippen LogP contribution < -0.4 is 16.6 Å². The Morgan fingerprint density at radius 1 is 1.41 bits per heavy atom. The van der Waals surface area contributed by atoms with Gasteiger partial charge >= 0.3 is 0 Å². The molecule has 6 nitrogen and oxygen atoms in total. The smallest absolute Gasteiger partial charge is 0.169 e. The number of aromatic nitrogens is 3. The molecule has 2 rings (SSSR count). The van der Waals surface area contributed by atoms with E-state index in [-0.39, 0.29) is 6.54 Å². The molecule has 0 spiro atoms. The molecule has 2 aromatic heterocycles. The SMILES string of the molecule is Nc1cnccc1N(N)c1ccn(CCF)n1. The normalized spacial score (nSPS) is 10.5. The first-order valence-corrected chi connectivity index (χ1v) is 5.06. The molecule has 0 aromatic carbocycles. The van der Waals surface area contributed by atoms with Gasteiger partial charge in [-0.2, -0.15) is 5.10 Å². The topological polar surface area (TPSA) is 86.0 Å². The van der Waals surface area contributed by atoms with E-state index in [0.29, 0.717) is 17.2 Å². The molecule has 90 valence electrons. The molecule has 2 heterocycles. The van der Waals surface area contributed by atoms with E-state index in [4.69, 9.17) is 11.6 Å². The van der Waals surface area contributed by atoms with Crippen LogP contribution in [-0.4, -0.2) is 21.4 Å². The summed E-state index contributed by atoms with van der Waals surface area (Å²) in [4.78, 5) is 3.87. The van der Waals surface area contributed by atoms with E-state index in [1.54, 1.807) is 24.5 Å². The largest absolute Gasteiger partial charge is 0.396 e. The Kier molecular flexibility index (Phi) is 3.20. The summed E-state index contributed by atoms with van der Waals surface area (Å²) in [6, 6.07) is 3.37. The van der Waals surface area contributed by atoms with Crippen molar-refractivity contribution >= 4 is 17.2 Å². The van der Waals surface area contributed by atoms with E-state index in [1.807, 2.05) is 0 Å².